The van der Waals surface area contributed by atoms with E-state index < -0.39 is 24.8 Å². The van der Waals surface area contributed by atoms with Gasteiger partial charge in [-0.3, -0.25) is 0 Å². The summed E-state index contributed by atoms with van der Waals surface area (Å²) < 4.78 is 4.10. The third-order valence-corrected chi connectivity index (χ3v) is 0.750. The SMILES string of the molecule is C=CC(=O)O.C=CC(=O)OC(O)CO. The predicted octanol–water partition coefficient (Wildman–Crippen LogP) is -0.717. The van der Waals surface area contributed by atoms with Gasteiger partial charge in [0.2, 0.25) is 6.29 Å². The van der Waals surface area contributed by atoms with E-state index in [1.165, 1.54) is 0 Å². The summed E-state index contributed by atoms with van der Waals surface area (Å²) in [4.78, 5) is 19.4. The molecule has 0 rings (SSSR count). The van der Waals surface area contributed by atoms with Crippen LogP contribution in [0.5, 0.6) is 0 Å². The number of aliphatic carboxylic acids is 1. The van der Waals surface area contributed by atoms with Crippen LogP contribution in [0, 0.1) is 0 Å². The molecule has 0 aromatic heterocycles. The number of aliphatic hydroxyl groups excluding tert-OH is 2. The summed E-state index contributed by atoms with van der Waals surface area (Å²) in [5.41, 5.74) is 0. The van der Waals surface area contributed by atoms with E-state index in [1.807, 2.05) is 0 Å². The van der Waals surface area contributed by atoms with Crippen LogP contribution >= 0.6 is 0 Å². The second-order valence-electron chi connectivity index (χ2n) is 1.82. The summed E-state index contributed by atoms with van der Waals surface area (Å²) in [6.45, 7) is 5.44. The van der Waals surface area contributed by atoms with E-state index >= 15 is 0 Å². The highest BCUT2D eigenvalue weighted by Gasteiger charge is 2.04. The van der Waals surface area contributed by atoms with E-state index in [0.29, 0.717) is 0 Å². The van der Waals surface area contributed by atoms with Gasteiger partial charge < -0.3 is 20.1 Å². The Morgan fingerprint density at radius 2 is 1.79 bits per heavy atom. The molecule has 0 heterocycles. The van der Waals surface area contributed by atoms with E-state index in [0.717, 1.165) is 12.2 Å². The number of carboxylic acids is 1. The molecule has 0 amide bonds. The second kappa shape index (κ2) is 9.43. The standard InChI is InChI=1S/C5H8O4.C3H4O2/c1-2-4(7)9-5(8)3-6;1-2-3(4)5/h2,5-6,8H,1,3H2;2H,1H2,(H,4,5). The first-order valence-corrected chi connectivity index (χ1v) is 3.45. The van der Waals surface area contributed by atoms with Crippen LogP contribution in [-0.4, -0.2) is 40.2 Å². The summed E-state index contributed by atoms with van der Waals surface area (Å²) in [5, 5.41) is 24.1. The lowest BCUT2D eigenvalue weighted by atomic mass is 10.6. The number of rotatable bonds is 4. The third-order valence-electron chi connectivity index (χ3n) is 0.750. The number of aliphatic hydroxyl groups is 2. The summed E-state index contributed by atoms with van der Waals surface area (Å²) in [7, 11) is 0. The van der Waals surface area contributed by atoms with Crippen LogP contribution in [0.15, 0.2) is 25.3 Å². The minimum absolute atomic E-state index is 0.598. The highest BCUT2D eigenvalue weighted by Crippen LogP contribution is 1.85. The Morgan fingerprint density at radius 1 is 1.36 bits per heavy atom. The van der Waals surface area contributed by atoms with Crippen molar-refractivity contribution in [3.05, 3.63) is 25.3 Å². The third kappa shape index (κ3) is 13.0. The molecule has 0 saturated carbocycles. The average Bonchev–Trinajstić information content (AvgIpc) is 2.18. The molecular formula is C8H12O6. The van der Waals surface area contributed by atoms with Gasteiger partial charge in [-0.15, -0.1) is 0 Å². The van der Waals surface area contributed by atoms with Gasteiger partial charge in [0.15, 0.2) is 0 Å². The van der Waals surface area contributed by atoms with E-state index in [-0.39, 0.29) is 0 Å². The van der Waals surface area contributed by atoms with Gasteiger partial charge in [0.1, 0.15) is 6.61 Å². The largest absolute Gasteiger partial charge is 0.478 e. The van der Waals surface area contributed by atoms with Crippen molar-refractivity contribution in [2.45, 2.75) is 6.29 Å². The van der Waals surface area contributed by atoms with Gasteiger partial charge >= 0.3 is 11.9 Å². The lowest BCUT2D eigenvalue weighted by molar-refractivity contribution is -0.167. The summed E-state index contributed by atoms with van der Waals surface area (Å²) in [5.74, 6) is -1.73. The first-order valence-electron chi connectivity index (χ1n) is 3.45. The number of ether oxygens (including phenoxy) is 1. The maximum Gasteiger partial charge on any atom is 0.332 e. The first kappa shape index (κ1) is 14.8. The quantitative estimate of drug-likeness (QED) is 0.317. The van der Waals surface area contributed by atoms with Gasteiger partial charge in [0, 0.05) is 12.2 Å². The van der Waals surface area contributed by atoms with Crippen molar-refractivity contribution in [3.63, 3.8) is 0 Å². The molecule has 80 valence electrons. The molecule has 0 fully saturated rings. The van der Waals surface area contributed by atoms with E-state index in [4.69, 9.17) is 15.3 Å². The normalized spacial score (nSPS) is 10.1. The monoisotopic (exact) mass is 204 g/mol. The Balaban J connectivity index is 0. The fourth-order valence-corrected chi connectivity index (χ4v) is 0.219. The Labute approximate surface area is 80.7 Å². The molecule has 0 saturated heterocycles. The highest BCUT2D eigenvalue weighted by molar-refractivity contribution is 5.81. The van der Waals surface area contributed by atoms with Crippen molar-refractivity contribution in [2.75, 3.05) is 6.61 Å². The molecule has 1 atom stereocenters. The summed E-state index contributed by atoms with van der Waals surface area (Å²) >= 11 is 0. The van der Waals surface area contributed by atoms with Crippen molar-refractivity contribution in [1.82, 2.24) is 0 Å². The zero-order valence-electron chi connectivity index (χ0n) is 7.42. The molecule has 0 aliphatic carbocycles. The van der Waals surface area contributed by atoms with Crippen molar-refractivity contribution >= 4 is 11.9 Å². The minimum Gasteiger partial charge on any atom is -0.478 e. The molecule has 6 heteroatoms. The number of carbonyl (C=O) groups excluding carboxylic acids is 1. The molecule has 0 bridgehead atoms. The van der Waals surface area contributed by atoms with Gasteiger partial charge in [-0.2, -0.15) is 0 Å². The minimum atomic E-state index is -1.43. The fraction of sp³-hybridized carbons (Fsp3) is 0.250. The molecule has 1 unspecified atom stereocenters. The van der Waals surface area contributed by atoms with Crippen molar-refractivity contribution in [1.29, 1.82) is 0 Å². The van der Waals surface area contributed by atoms with Crippen molar-refractivity contribution < 1.29 is 29.6 Å². The van der Waals surface area contributed by atoms with Crippen molar-refractivity contribution in [2.24, 2.45) is 0 Å². The van der Waals surface area contributed by atoms with E-state index in [1.54, 1.807) is 0 Å². The molecule has 14 heavy (non-hydrogen) atoms. The second-order valence-corrected chi connectivity index (χ2v) is 1.82. The zero-order chi connectivity index (χ0) is 11.6. The summed E-state index contributed by atoms with van der Waals surface area (Å²) in [6.07, 6.45) is 0.300. The topological polar surface area (TPSA) is 104 Å². The predicted molar refractivity (Wildman–Crippen MR) is 47.2 cm³/mol. The van der Waals surface area contributed by atoms with Crippen LogP contribution in [0.25, 0.3) is 0 Å². The van der Waals surface area contributed by atoms with Gasteiger partial charge in [0.25, 0.3) is 0 Å². The lowest BCUT2D eigenvalue weighted by Crippen LogP contribution is -2.19. The average molecular weight is 204 g/mol. The number of hydrogen-bond acceptors (Lipinski definition) is 5. The van der Waals surface area contributed by atoms with E-state index in [9.17, 15) is 9.59 Å². The van der Waals surface area contributed by atoms with Crippen LogP contribution in [0.2, 0.25) is 0 Å². The molecule has 0 aromatic rings. The van der Waals surface area contributed by atoms with Crippen LogP contribution in [0.4, 0.5) is 0 Å². The van der Waals surface area contributed by atoms with Gasteiger partial charge in [-0.25, -0.2) is 9.59 Å². The van der Waals surface area contributed by atoms with Gasteiger partial charge in [0.05, 0.1) is 0 Å². The highest BCUT2D eigenvalue weighted by atomic mass is 16.6. The molecular weight excluding hydrogens is 192 g/mol. The van der Waals surface area contributed by atoms with Crippen LogP contribution < -0.4 is 0 Å². The van der Waals surface area contributed by atoms with Crippen LogP contribution in [0.3, 0.4) is 0 Å². The molecule has 0 aliphatic heterocycles. The molecule has 0 aliphatic rings. The van der Waals surface area contributed by atoms with Crippen molar-refractivity contribution in [3.8, 4) is 0 Å². The molecule has 0 radical (unpaired) electrons. The number of carbonyl (C=O) groups is 2. The molecule has 6 nitrogen and oxygen atoms in total. The smallest absolute Gasteiger partial charge is 0.332 e. The Hall–Kier alpha value is -1.66. The first-order chi connectivity index (χ1) is 6.47. The maximum atomic E-state index is 10.2. The van der Waals surface area contributed by atoms with E-state index in [2.05, 4.69) is 17.9 Å². The Kier molecular flexibility index (Phi) is 10.00. The van der Waals surface area contributed by atoms with Crippen LogP contribution in [-0.2, 0) is 14.3 Å². The summed E-state index contributed by atoms with van der Waals surface area (Å²) in [6, 6.07) is 0. The Morgan fingerprint density at radius 3 is 2.00 bits per heavy atom. The van der Waals surface area contributed by atoms with Gasteiger partial charge in [-0.05, 0) is 0 Å². The maximum absolute atomic E-state index is 10.2. The molecule has 0 aromatic carbocycles. The lowest BCUT2D eigenvalue weighted by Gasteiger charge is -2.04. The number of esters is 1. The molecule has 0 spiro atoms. The Bertz CT molecular complexity index is 210. The zero-order valence-corrected chi connectivity index (χ0v) is 7.42. The molecule has 3 N–H and O–H groups in total. The number of carboxylic acid groups (broad SMARTS) is 1. The van der Waals surface area contributed by atoms with Gasteiger partial charge in [-0.1, -0.05) is 13.2 Å². The fourth-order valence-electron chi connectivity index (χ4n) is 0.219. The number of hydrogen-bond donors (Lipinski definition) is 3. The van der Waals surface area contributed by atoms with Crippen LogP contribution in [0.1, 0.15) is 0 Å².